The van der Waals surface area contributed by atoms with Gasteiger partial charge in [-0.2, -0.15) is 0 Å². The smallest absolute Gasteiger partial charge is 0.432 e. The summed E-state index contributed by atoms with van der Waals surface area (Å²) in [5, 5.41) is 4.35. The second-order valence-corrected chi connectivity index (χ2v) is 7.00. The molecule has 0 spiro atoms. The zero-order valence-electron chi connectivity index (χ0n) is 17.6. The highest BCUT2D eigenvalue weighted by Gasteiger charge is 2.21. The molecule has 0 heterocycles. The first-order chi connectivity index (χ1) is 12.7. The van der Waals surface area contributed by atoms with Crippen LogP contribution in [-0.2, 0) is 19.6 Å². The minimum Gasteiger partial charge on any atom is -0.432 e. The first-order valence-electron chi connectivity index (χ1n) is 9.53. The van der Waals surface area contributed by atoms with Gasteiger partial charge in [0.25, 0.3) is 0 Å². The number of rotatable bonds is 9. The van der Waals surface area contributed by atoms with Crippen LogP contribution in [0.5, 0.6) is 0 Å². The standard InChI is InChI=1S/C21H32O6/c1-8-10-11-18(9-2)12-24-21(23)26-27-25-20(22)19-16(6)14(4)13(3)15(5)17(19)7/h18H,8-12H2,1-7H3. The lowest BCUT2D eigenvalue weighted by atomic mass is 9.90. The Bertz CT molecular complexity index is 636. The summed E-state index contributed by atoms with van der Waals surface area (Å²) >= 11 is 0. The van der Waals surface area contributed by atoms with Gasteiger partial charge in [-0.25, -0.2) is 14.5 Å². The summed E-state index contributed by atoms with van der Waals surface area (Å²) < 4.78 is 5.00. The van der Waals surface area contributed by atoms with E-state index in [0.29, 0.717) is 5.56 Å². The van der Waals surface area contributed by atoms with Crippen LogP contribution < -0.4 is 0 Å². The largest absolute Gasteiger partial charge is 0.543 e. The van der Waals surface area contributed by atoms with Crippen molar-refractivity contribution in [2.45, 2.75) is 74.1 Å². The summed E-state index contributed by atoms with van der Waals surface area (Å²) in [6.45, 7) is 14.0. The van der Waals surface area contributed by atoms with E-state index in [1.54, 1.807) is 0 Å². The van der Waals surface area contributed by atoms with Crippen LogP contribution in [0.2, 0.25) is 0 Å². The van der Waals surface area contributed by atoms with Gasteiger partial charge in [-0.15, -0.1) is 0 Å². The van der Waals surface area contributed by atoms with Crippen molar-refractivity contribution in [1.29, 1.82) is 0 Å². The lowest BCUT2D eigenvalue weighted by Gasteiger charge is -2.16. The molecule has 1 atom stereocenters. The van der Waals surface area contributed by atoms with Crippen LogP contribution in [0, 0.1) is 40.5 Å². The fraction of sp³-hybridized carbons (Fsp3) is 0.619. The topological polar surface area (TPSA) is 71.1 Å². The van der Waals surface area contributed by atoms with Crippen LogP contribution in [0.25, 0.3) is 0 Å². The Morgan fingerprint density at radius 2 is 1.41 bits per heavy atom. The number of ether oxygens (including phenoxy) is 1. The van der Waals surface area contributed by atoms with Gasteiger partial charge in [0.1, 0.15) is 0 Å². The Kier molecular flexibility index (Phi) is 9.29. The highest BCUT2D eigenvalue weighted by atomic mass is 17.5. The van der Waals surface area contributed by atoms with E-state index in [1.807, 2.05) is 41.5 Å². The molecule has 0 bridgehead atoms. The lowest BCUT2D eigenvalue weighted by molar-refractivity contribution is -0.452. The molecule has 1 aromatic carbocycles. The highest BCUT2D eigenvalue weighted by molar-refractivity contribution is 5.93. The van der Waals surface area contributed by atoms with Crippen molar-refractivity contribution in [2.75, 3.05) is 6.61 Å². The van der Waals surface area contributed by atoms with Crippen LogP contribution in [0.4, 0.5) is 4.79 Å². The van der Waals surface area contributed by atoms with Crippen molar-refractivity contribution in [3.05, 3.63) is 33.4 Å². The summed E-state index contributed by atoms with van der Waals surface area (Å²) in [4.78, 5) is 33.0. The molecular weight excluding hydrogens is 348 g/mol. The van der Waals surface area contributed by atoms with Crippen LogP contribution in [0.3, 0.4) is 0 Å². The van der Waals surface area contributed by atoms with E-state index in [4.69, 9.17) is 4.74 Å². The van der Waals surface area contributed by atoms with Crippen molar-refractivity contribution in [3.8, 4) is 0 Å². The average molecular weight is 380 g/mol. The minimum atomic E-state index is -1.03. The Balaban J connectivity index is 2.55. The fourth-order valence-electron chi connectivity index (χ4n) is 3.03. The van der Waals surface area contributed by atoms with Crippen molar-refractivity contribution in [2.24, 2.45) is 5.92 Å². The first-order valence-corrected chi connectivity index (χ1v) is 9.53. The molecule has 0 aromatic heterocycles. The zero-order chi connectivity index (χ0) is 20.6. The van der Waals surface area contributed by atoms with Gasteiger partial charge in [0.05, 0.1) is 17.2 Å². The summed E-state index contributed by atoms with van der Waals surface area (Å²) in [6, 6.07) is 0. The minimum absolute atomic E-state index is 0.251. The maximum absolute atomic E-state index is 12.3. The third kappa shape index (κ3) is 6.24. The first kappa shape index (κ1) is 23.0. The second-order valence-electron chi connectivity index (χ2n) is 7.00. The lowest BCUT2D eigenvalue weighted by Crippen LogP contribution is -2.17. The van der Waals surface area contributed by atoms with Gasteiger partial charge < -0.3 is 4.74 Å². The van der Waals surface area contributed by atoms with Gasteiger partial charge in [-0.3, -0.25) is 4.89 Å². The van der Waals surface area contributed by atoms with E-state index < -0.39 is 12.1 Å². The number of benzene rings is 1. The summed E-state index contributed by atoms with van der Waals surface area (Å²) in [5.41, 5.74) is 5.21. The van der Waals surface area contributed by atoms with Crippen molar-refractivity contribution in [3.63, 3.8) is 0 Å². The normalized spacial score (nSPS) is 11.8. The van der Waals surface area contributed by atoms with E-state index in [-0.39, 0.29) is 12.5 Å². The molecule has 0 fully saturated rings. The SMILES string of the molecule is CCCCC(CC)COC(=O)OOOC(=O)c1c(C)c(C)c(C)c(C)c1C. The number of unbranched alkanes of at least 4 members (excludes halogenated alkanes) is 1. The fourth-order valence-corrected chi connectivity index (χ4v) is 3.03. The van der Waals surface area contributed by atoms with Crippen molar-refractivity contribution < 1.29 is 29.1 Å². The van der Waals surface area contributed by atoms with E-state index in [0.717, 1.165) is 53.5 Å². The molecule has 0 saturated heterocycles. The Hall–Kier alpha value is -2.08. The quantitative estimate of drug-likeness (QED) is 0.315. The Morgan fingerprint density at radius 3 is 1.93 bits per heavy atom. The number of hydrogen-bond acceptors (Lipinski definition) is 6. The molecule has 0 N–H and O–H groups in total. The zero-order valence-corrected chi connectivity index (χ0v) is 17.6. The maximum atomic E-state index is 12.3. The summed E-state index contributed by atoms with van der Waals surface area (Å²) in [7, 11) is 0. The molecule has 6 heteroatoms. The van der Waals surface area contributed by atoms with Gasteiger partial charge in [0, 0.05) is 0 Å². The van der Waals surface area contributed by atoms with Gasteiger partial charge >= 0.3 is 12.1 Å². The van der Waals surface area contributed by atoms with E-state index in [9.17, 15) is 9.59 Å². The van der Waals surface area contributed by atoms with Crippen LogP contribution in [0.15, 0.2) is 0 Å². The summed E-state index contributed by atoms with van der Waals surface area (Å²) in [5.74, 6) is -0.428. The maximum Gasteiger partial charge on any atom is 0.543 e. The molecule has 0 radical (unpaired) electrons. The van der Waals surface area contributed by atoms with E-state index in [2.05, 4.69) is 21.7 Å². The van der Waals surface area contributed by atoms with Crippen LogP contribution >= 0.6 is 0 Å². The molecule has 1 unspecified atom stereocenters. The highest BCUT2D eigenvalue weighted by Crippen LogP contribution is 2.26. The summed E-state index contributed by atoms with van der Waals surface area (Å²) in [6.07, 6.45) is 3.05. The van der Waals surface area contributed by atoms with E-state index >= 15 is 0 Å². The van der Waals surface area contributed by atoms with Crippen molar-refractivity contribution >= 4 is 12.1 Å². The Labute approximate surface area is 162 Å². The van der Waals surface area contributed by atoms with Gasteiger partial charge in [0.15, 0.2) is 0 Å². The molecule has 1 aromatic rings. The molecule has 0 saturated carbocycles. The van der Waals surface area contributed by atoms with E-state index in [1.165, 1.54) is 0 Å². The third-order valence-corrected chi connectivity index (χ3v) is 5.40. The molecule has 152 valence electrons. The molecule has 0 aliphatic heterocycles. The number of hydrogen-bond donors (Lipinski definition) is 0. The monoisotopic (exact) mass is 380 g/mol. The molecule has 6 nitrogen and oxygen atoms in total. The molecule has 0 aliphatic rings. The van der Waals surface area contributed by atoms with Gasteiger partial charge in [-0.1, -0.05) is 33.1 Å². The van der Waals surface area contributed by atoms with Crippen LogP contribution in [-0.4, -0.2) is 18.7 Å². The molecule has 27 heavy (non-hydrogen) atoms. The van der Waals surface area contributed by atoms with Gasteiger partial charge in [-0.05, 0) is 74.8 Å². The molecule has 1 rings (SSSR count). The molecular formula is C21H32O6. The predicted octanol–water partition coefficient (Wildman–Crippen LogP) is 5.60. The van der Waals surface area contributed by atoms with Crippen LogP contribution in [0.1, 0.15) is 77.7 Å². The van der Waals surface area contributed by atoms with Crippen molar-refractivity contribution in [1.82, 2.24) is 0 Å². The second kappa shape index (κ2) is 10.9. The van der Waals surface area contributed by atoms with Gasteiger partial charge in [0.2, 0.25) is 0 Å². The molecule has 0 amide bonds. The Morgan fingerprint density at radius 1 is 0.852 bits per heavy atom. The predicted molar refractivity (Wildman–Crippen MR) is 102 cm³/mol. The average Bonchev–Trinajstić information content (AvgIpc) is 2.65. The number of carbonyl (C=O) groups excluding carboxylic acids is 2. The molecule has 0 aliphatic carbocycles. The third-order valence-electron chi connectivity index (χ3n) is 5.40. The number of carbonyl (C=O) groups is 2.